The molecule has 0 bridgehead atoms. The summed E-state index contributed by atoms with van der Waals surface area (Å²) in [5.74, 6) is 1.45. The molecule has 1 atom stereocenters. The van der Waals surface area contributed by atoms with E-state index in [1.807, 2.05) is 17.0 Å². The van der Waals surface area contributed by atoms with Gasteiger partial charge in [0.15, 0.2) is 11.5 Å². The summed E-state index contributed by atoms with van der Waals surface area (Å²) in [5.41, 5.74) is 1.16. The van der Waals surface area contributed by atoms with Crippen molar-refractivity contribution in [1.29, 1.82) is 0 Å². The van der Waals surface area contributed by atoms with E-state index in [1.54, 1.807) is 0 Å². The molecule has 0 spiro atoms. The molecule has 6 nitrogen and oxygen atoms in total. The van der Waals surface area contributed by atoms with Gasteiger partial charge >= 0.3 is 0 Å². The number of amides is 1. The molecule has 2 aliphatic rings. The number of rotatable bonds is 3. The first kappa shape index (κ1) is 17.9. The first-order valence-electron chi connectivity index (χ1n) is 9.00. The number of hydrogen-bond acceptors (Lipinski definition) is 4. The van der Waals surface area contributed by atoms with Gasteiger partial charge in [-0.25, -0.2) is 0 Å². The molecule has 1 aromatic heterocycles. The monoisotopic (exact) mass is 388 g/mol. The Balaban J connectivity index is 1.50. The minimum atomic E-state index is -0.389. The number of aromatic nitrogens is 1. The SMILES string of the molecule is C[C@]1(Cc2ccc3c(c2)OCO3)CCCN(C(=O)c2c[nH]c(=O)c(Cl)c2)C1. The van der Waals surface area contributed by atoms with E-state index < -0.39 is 0 Å². The first-order chi connectivity index (χ1) is 12.9. The van der Waals surface area contributed by atoms with Crippen LogP contribution in [0.15, 0.2) is 35.3 Å². The normalized spacial score (nSPS) is 21.3. The zero-order valence-electron chi connectivity index (χ0n) is 15.1. The summed E-state index contributed by atoms with van der Waals surface area (Å²) in [6.45, 7) is 3.82. The van der Waals surface area contributed by atoms with Gasteiger partial charge in [0.25, 0.3) is 11.5 Å². The number of pyridine rings is 1. The molecule has 0 radical (unpaired) electrons. The van der Waals surface area contributed by atoms with E-state index >= 15 is 0 Å². The Labute approximate surface area is 162 Å². The van der Waals surface area contributed by atoms with Crippen LogP contribution >= 0.6 is 11.6 Å². The van der Waals surface area contributed by atoms with Gasteiger partial charge in [0.05, 0.1) is 5.56 Å². The standard InChI is InChI=1S/C20H21ClN2O4/c1-20(9-13-3-4-16-17(7-13)27-12-26-16)5-2-6-23(11-20)19(25)14-8-15(21)18(24)22-10-14/h3-4,7-8,10H,2,5-6,9,11-12H2,1H3,(H,22,24)/t20-/m1/s1. The number of likely N-dealkylation sites (tertiary alicyclic amines) is 1. The summed E-state index contributed by atoms with van der Waals surface area (Å²) >= 11 is 5.87. The average Bonchev–Trinajstić information content (AvgIpc) is 3.11. The van der Waals surface area contributed by atoms with Gasteiger partial charge in [0.1, 0.15) is 5.02 Å². The highest BCUT2D eigenvalue weighted by Crippen LogP contribution is 2.37. The lowest BCUT2D eigenvalue weighted by molar-refractivity contribution is 0.0550. The second kappa shape index (κ2) is 6.93. The maximum atomic E-state index is 12.9. The number of fused-ring (bicyclic) bond motifs is 1. The highest BCUT2D eigenvalue weighted by Gasteiger charge is 2.34. The molecular formula is C20H21ClN2O4. The van der Waals surface area contributed by atoms with Crippen LogP contribution in [0.4, 0.5) is 0 Å². The third kappa shape index (κ3) is 3.67. The summed E-state index contributed by atoms with van der Waals surface area (Å²) in [5, 5.41) is 0.0287. The fourth-order valence-electron chi connectivity index (χ4n) is 3.94. The summed E-state index contributed by atoms with van der Waals surface area (Å²) in [4.78, 5) is 28.7. The van der Waals surface area contributed by atoms with Gasteiger partial charge < -0.3 is 19.4 Å². The molecule has 142 valence electrons. The summed E-state index contributed by atoms with van der Waals surface area (Å²) in [7, 11) is 0. The van der Waals surface area contributed by atoms with Gasteiger partial charge in [-0.3, -0.25) is 9.59 Å². The Morgan fingerprint density at radius 3 is 2.93 bits per heavy atom. The zero-order chi connectivity index (χ0) is 19.0. The highest BCUT2D eigenvalue weighted by atomic mass is 35.5. The van der Waals surface area contributed by atoms with Crippen molar-refractivity contribution in [2.45, 2.75) is 26.2 Å². The van der Waals surface area contributed by atoms with Crippen molar-refractivity contribution in [3.05, 3.63) is 57.0 Å². The van der Waals surface area contributed by atoms with Crippen molar-refractivity contribution >= 4 is 17.5 Å². The molecule has 3 heterocycles. The molecular weight excluding hydrogens is 368 g/mol. The Morgan fingerprint density at radius 2 is 2.11 bits per heavy atom. The Hall–Kier alpha value is -2.47. The average molecular weight is 389 g/mol. The van der Waals surface area contributed by atoms with E-state index in [1.165, 1.54) is 17.8 Å². The molecule has 0 aliphatic carbocycles. The van der Waals surface area contributed by atoms with Crippen LogP contribution in [0, 0.1) is 5.41 Å². The molecule has 1 amide bonds. The van der Waals surface area contributed by atoms with Crippen LogP contribution in [0.2, 0.25) is 5.02 Å². The van der Waals surface area contributed by atoms with Crippen LogP contribution in [0.3, 0.4) is 0 Å². The van der Waals surface area contributed by atoms with Crippen molar-refractivity contribution in [3.63, 3.8) is 0 Å². The number of hydrogen-bond donors (Lipinski definition) is 1. The third-order valence-corrected chi connectivity index (χ3v) is 5.52. The van der Waals surface area contributed by atoms with Crippen LogP contribution in [-0.2, 0) is 6.42 Å². The molecule has 4 rings (SSSR count). The second-order valence-electron chi connectivity index (χ2n) is 7.57. The predicted octanol–water partition coefficient (Wildman–Crippen LogP) is 3.24. The van der Waals surface area contributed by atoms with E-state index in [9.17, 15) is 9.59 Å². The molecule has 1 N–H and O–H groups in total. The highest BCUT2D eigenvalue weighted by molar-refractivity contribution is 6.30. The number of ether oxygens (including phenoxy) is 2. The first-order valence-corrected chi connectivity index (χ1v) is 9.37. The Bertz CT molecular complexity index is 942. The van der Waals surface area contributed by atoms with Crippen molar-refractivity contribution < 1.29 is 14.3 Å². The number of halogens is 1. The zero-order valence-corrected chi connectivity index (χ0v) is 15.8. The lowest BCUT2D eigenvalue weighted by Crippen LogP contribution is -2.45. The van der Waals surface area contributed by atoms with Crippen molar-refractivity contribution in [3.8, 4) is 11.5 Å². The molecule has 0 saturated carbocycles. The molecule has 2 aromatic rings. The number of nitrogens with one attached hydrogen (secondary N) is 1. The quantitative estimate of drug-likeness (QED) is 0.876. The molecule has 2 aliphatic heterocycles. The van der Waals surface area contributed by atoms with Crippen molar-refractivity contribution in [2.75, 3.05) is 19.9 Å². The van der Waals surface area contributed by atoms with Crippen LogP contribution in [-0.4, -0.2) is 35.7 Å². The lowest BCUT2D eigenvalue weighted by Gasteiger charge is -2.40. The van der Waals surface area contributed by atoms with E-state index in [4.69, 9.17) is 21.1 Å². The smallest absolute Gasteiger partial charge is 0.266 e. The van der Waals surface area contributed by atoms with Gasteiger partial charge in [0.2, 0.25) is 6.79 Å². The predicted molar refractivity (Wildman–Crippen MR) is 102 cm³/mol. The van der Waals surface area contributed by atoms with E-state index in [-0.39, 0.29) is 28.7 Å². The molecule has 1 fully saturated rings. The third-order valence-electron chi connectivity index (χ3n) is 5.24. The van der Waals surface area contributed by atoms with Gasteiger partial charge in [-0.05, 0) is 48.4 Å². The number of nitrogens with zero attached hydrogens (tertiary/aromatic N) is 1. The number of H-pyrrole nitrogens is 1. The van der Waals surface area contributed by atoms with E-state index in [2.05, 4.69) is 18.0 Å². The van der Waals surface area contributed by atoms with Gasteiger partial charge in [-0.1, -0.05) is 24.6 Å². The number of benzene rings is 1. The number of piperidine rings is 1. The maximum absolute atomic E-state index is 12.9. The summed E-state index contributed by atoms with van der Waals surface area (Å²) in [6.07, 6.45) is 4.25. The van der Waals surface area contributed by atoms with Gasteiger partial charge in [-0.15, -0.1) is 0 Å². The lowest BCUT2D eigenvalue weighted by atomic mass is 9.76. The van der Waals surface area contributed by atoms with Crippen LogP contribution < -0.4 is 15.0 Å². The minimum absolute atomic E-state index is 0.0287. The summed E-state index contributed by atoms with van der Waals surface area (Å²) in [6, 6.07) is 7.46. The fourth-order valence-corrected chi connectivity index (χ4v) is 4.11. The molecule has 7 heteroatoms. The summed E-state index contributed by atoms with van der Waals surface area (Å²) < 4.78 is 10.8. The Kier molecular flexibility index (Phi) is 4.60. The largest absolute Gasteiger partial charge is 0.454 e. The number of carbonyl (C=O) groups excluding carboxylic acids is 1. The van der Waals surface area contributed by atoms with E-state index in [0.717, 1.165) is 30.8 Å². The van der Waals surface area contributed by atoms with Gasteiger partial charge in [-0.2, -0.15) is 0 Å². The topological polar surface area (TPSA) is 71.6 Å². The van der Waals surface area contributed by atoms with Crippen LogP contribution in [0.5, 0.6) is 11.5 Å². The van der Waals surface area contributed by atoms with Crippen LogP contribution in [0.1, 0.15) is 35.7 Å². The fraction of sp³-hybridized carbons (Fsp3) is 0.400. The van der Waals surface area contributed by atoms with Gasteiger partial charge in [0, 0.05) is 19.3 Å². The number of carbonyl (C=O) groups is 1. The second-order valence-corrected chi connectivity index (χ2v) is 7.98. The molecule has 27 heavy (non-hydrogen) atoms. The van der Waals surface area contributed by atoms with E-state index in [0.29, 0.717) is 18.7 Å². The minimum Gasteiger partial charge on any atom is -0.454 e. The number of aromatic amines is 1. The van der Waals surface area contributed by atoms with Crippen molar-refractivity contribution in [1.82, 2.24) is 9.88 Å². The molecule has 1 saturated heterocycles. The maximum Gasteiger partial charge on any atom is 0.266 e. The Morgan fingerprint density at radius 1 is 1.30 bits per heavy atom. The van der Waals surface area contributed by atoms with Crippen molar-refractivity contribution in [2.24, 2.45) is 5.41 Å². The molecule has 0 unspecified atom stereocenters. The van der Waals surface area contributed by atoms with Crippen LogP contribution in [0.25, 0.3) is 0 Å². The molecule has 1 aromatic carbocycles.